The average Bonchev–Trinajstić information content (AvgIpc) is 2.69. The molecule has 19 heavy (non-hydrogen) atoms. The Bertz CT molecular complexity index is 606. The zero-order valence-corrected chi connectivity index (χ0v) is 14.2. The number of anilines is 1. The van der Waals surface area contributed by atoms with E-state index in [4.69, 9.17) is 4.74 Å². The molecule has 4 heteroatoms. The number of benzene rings is 1. The van der Waals surface area contributed by atoms with Crippen LogP contribution in [0.4, 0.5) is 5.69 Å². The molecule has 0 atom stereocenters. The van der Waals surface area contributed by atoms with Crippen molar-refractivity contribution in [2.24, 2.45) is 0 Å². The molecule has 0 bridgehead atoms. The molecule has 0 amide bonds. The average molecular weight is 319 g/mol. The maximum absolute atomic E-state index is 5.67. The Morgan fingerprint density at radius 2 is 2.16 bits per heavy atom. The molecular weight excluding hydrogens is 308 g/mol. The quantitative estimate of drug-likeness (QED) is 0.530. The summed E-state index contributed by atoms with van der Waals surface area (Å²) in [4.78, 5) is 3.52. The molecule has 0 unspecified atom stereocenters. The van der Waals surface area contributed by atoms with Crippen LogP contribution in [-0.2, 0) is 24.2 Å². The number of allylic oxidation sites excluding steroid dienone is 4. The fourth-order valence-corrected chi connectivity index (χ4v) is 3.56. The summed E-state index contributed by atoms with van der Waals surface area (Å²) in [6, 6.07) is 8.47. The molecule has 1 aliphatic carbocycles. The van der Waals surface area contributed by atoms with Crippen LogP contribution >= 0.6 is 11.8 Å². The molecule has 4 rings (SSSR count). The van der Waals surface area contributed by atoms with E-state index in [2.05, 4.69) is 41.3 Å². The van der Waals surface area contributed by atoms with Crippen molar-refractivity contribution in [1.29, 1.82) is 0 Å². The number of hydrogen-bond acceptors (Lipinski definition) is 3. The second kappa shape index (κ2) is 5.18. The predicted octanol–water partition coefficient (Wildman–Crippen LogP) is 4.01. The van der Waals surface area contributed by atoms with Gasteiger partial charge in [-0.05, 0) is 24.6 Å². The second-order valence-electron chi connectivity index (χ2n) is 4.29. The normalized spacial score (nSPS) is 19.6. The van der Waals surface area contributed by atoms with Crippen LogP contribution in [0.3, 0.4) is 0 Å². The molecule has 2 heterocycles. The van der Waals surface area contributed by atoms with Gasteiger partial charge in [0.1, 0.15) is 0 Å². The fourth-order valence-electron chi connectivity index (χ4n) is 2.37. The first-order valence-corrected chi connectivity index (χ1v) is 6.75. The zero-order valence-electron chi connectivity index (χ0n) is 10.4. The summed E-state index contributed by atoms with van der Waals surface area (Å²) >= 11 is 1.82. The third kappa shape index (κ3) is 2.07. The third-order valence-electron chi connectivity index (χ3n) is 3.22. The standard InChI is InChI=1S/C15H11NOS.Zn/c1-3-7-13-11(5-1)15-16(9-10-17-13)12-6-2-4-8-14(12)18-15;/h1-4,6-10H,5H2;/q-2;+2. The summed E-state index contributed by atoms with van der Waals surface area (Å²) in [7, 11) is 0. The van der Waals surface area contributed by atoms with Crippen LogP contribution in [0.5, 0.6) is 0 Å². The minimum absolute atomic E-state index is 0. The van der Waals surface area contributed by atoms with Gasteiger partial charge in [-0.25, -0.2) is 0 Å². The van der Waals surface area contributed by atoms with Gasteiger partial charge in [0.05, 0.1) is 10.8 Å². The Morgan fingerprint density at radius 3 is 3.11 bits per heavy atom. The van der Waals surface area contributed by atoms with Crippen molar-refractivity contribution >= 4 is 17.4 Å². The molecule has 0 radical (unpaired) electrons. The Morgan fingerprint density at radius 1 is 1.26 bits per heavy atom. The van der Waals surface area contributed by atoms with Gasteiger partial charge in [-0.2, -0.15) is 0 Å². The summed E-state index contributed by atoms with van der Waals surface area (Å²) < 4.78 is 5.67. The number of ether oxygens (including phenoxy) is 1. The van der Waals surface area contributed by atoms with Crippen LogP contribution in [0.15, 0.2) is 63.8 Å². The first-order chi connectivity index (χ1) is 8.93. The smallest absolute Gasteiger partial charge is 0.692 e. The topological polar surface area (TPSA) is 12.5 Å². The van der Waals surface area contributed by atoms with E-state index in [9.17, 15) is 0 Å². The van der Waals surface area contributed by atoms with E-state index in [1.807, 2.05) is 24.4 Å². The molecule has 0 saturated heterocycles. The molecule has 2 nitrogen and oxygen atoms in total. The Hall–Kier alpha value is -0.987. The van der Waals surface area contributed by atoms with Gasteiger partial charge in [-0.3, -0.25) is 0 Å². The Kier molecular flexibility index (Phi) is 3.55. The van der Waals surface area contributed by atoms with Crippen molar-refractivity contribution in [3.05, 3.63) is 72.0 Å². The number of fused-ring (bicyclic) bond motifs is 4. The van der Waals surface area contributed by atoms with E-state index in [1.54, 1.807) is 6.61 Å². The van der Waals surface area contributed by atoms with Gasteiger partial charge >= 0.3 is 19.5 Å². The van der Waals surface area contributed by atoms with Crippen molar-refractivity contribution in [3.63, 3.8) is 0 Å². The van der Waals surface area contributed by atoms with Crippen LogP contribution in [0.25, 0.3) is 0 Å². The van der Waals surface area contributed by atoms with Crippen molar-refractivity contribution in [2.45, 2.75) is 11.3 Å². The molecule has 0 spiro atoms. The summed E-state index contributed by atoms with van der Waals surface area (Å²) in [5.41, 5.74) is 2.50. The van der Waals surface area contributed by atoms with E-state index < -0.39 is 0 Å². The maximum atomic E-state index is 5.67. The summed E-state index contributed by atoms with van der Waals surface area (Å²) in [6.45, 7) is 3.76. The minimum atomic E-state index is 0. The molecule has 0 N–H and O–H groups in total. The van der Waals surface area contributed by atoms with Crippen molar-refractivity contribution in [1.82, 2.24) is 0 Å². The maximum Gasteiger partial charge on any atom is 2.00 e. The van der Waals surface area contributed by atoms with E-state index in [1.165, 1.54) is 21.2 Å². The minimum Gasteiger partial charge on any atom is -0.692 e. The van der Waals surface area contributed by atoms with Gasteiger partial charge in [0, 0.05) is 16.2 Å². The molecule has 1 aromatic rings. The van der Waals surface area contributed by atoms with Crippen LogP contribution in [0, 0.1) is 13.2 Å². The number of rotatable bonds is 0. The third-order valence-corrected chi connectivity index (χ3v) is 4.42. The number of hydrogen-bond donors (Lipinski definition) is 0. The van der Waals surface area contributed by atoms with Gasteiger partial charge in [0.15, 0.2) is 0 Å². The molecular formula is C15H11NOSZn. The number of thioether (sulfide) groups is 1. The van der Waals surface area contributed by atoms with E-state index >= 15 is 0 Å². The molecule has 90 valence electrons. The van der Waals surface area contributed by atoms with Gasteiger partial charge in [0.25, 0.3) is 0 Å². The van der Waals surface area contributed by atoms with Gasteiger partial charge < -0.3 is 22.8 Å². The molecule has 0 saturated carbocycles. The van der Waals surface area contributed by atoms with Crippen LogP contribution < -0.4 is 4.90 Å². The first kappa shape index (κ1) is 13.0. The number of para-hydroxylation sites is 1. The SMILES string of the molecule is C1=CCC2=C3Sc4ccccc4N3[CH-][CH-]OC2=C1.[Zn+2]. The first-order valence-electron chi connectivity index (χ1n) is 5.93. The molecule has 0 aromatic heterocycles. The molecule has 0 fully saturated rings. The van der Waals surface area contributed by atoms with Crippen molar-refractivity contribution in [2.75, 3.05) is 4.90 Å². The van der Waals surface area contributed by atoms with Gasteiger partial charge in [0.2, 0.25) is 0 Å². The summed E-state index contributed by atoms with van der Waals surface area (Å²) in [5.74, 6) is 0.964. The fraction of sp³-hybridized carbons (Fsp3) is 0.0667. The summed E-state index contributed by atoms with van der Waals surface area (Å²) in [6.07, 6.45) is 7.18. The largest absolute Gasteiger partial charge is 2.00 e. The van der Waals surface area contributed by atoms with Crippen LogP contribution in [0.2, 0.25) is 0 Å². The molecule has 2 aliphatic heterocycles. The molecule has 1 aromatic carbocycles. The Balaban J connectivity index is 0.00000110. The monoisotopic (exact) mass is 317 g/mol. The Labute approximate surface area is 130 Å². The van der Waals surface area contributed by atoms with Crippen LogP contribution in [0.1, 0.15) is 6.42 Å². The van der Waals surface area contributed by atoms with Crippen molar-refractivity contribution in [3.8, 4) is 0 Å². The van der Waals surface area contributed by atoms with Gasteiger partial charge in [-0.15, -0.1) is 0 Å². The van der Waals surface area contributed by atoms with E-state index in [-0.39, 0.29) is 19.5 Å². The predicted molar refractivity (Wildman–Crippen MR) is 73.3 cm³/mol. The summed E-state index contributed by atoms with van der Waals surface area (Å²) in [5, 5.41) is 1.26. The number of nitrogens with zero attached hydrogens (tertiary/aromatic N) is 1. The molecule has 3 aliphatic rings. The zero-order chi connectivity index (χ0) is 11.9. The van der Waals surface area contributed by atoms with E-state index in [0.717, 1.165) is 12.2 Å². The second-order valence-corrected chi connectivity index (χ2v) is 5.32. The van der Waals surface area contributed by atoms with Crippen molar-refractivity contribution < 1.29 is 24.2 Å². The van der Waals surface area contributed by atoms with Crippen LogP contribution in [-0.4, -0.2) is 0 Å². The van der Waals surface area contributed by atoms with Gasteiger partial charge in [-0.1, -0.05) is 36.0 Å². The van der Waals surface area contributed by atoms with E-state index in [0.29, 0.717) is 0 Å².